The highest BCUT2D eigenvalue weighted by Gasteiger charge is 2.20. The monoisotopic (exact) mass is 386 g/mol. The number of hydrogen-bond acceptors (Lipinski definition) is 5. The number of rotatable bonds is 4. The largest absolute Gasteiger partial charge is 0.497 e. The molecule has 0 unspecified atom stereocenters. The van der Waals surface area contributed by atoms with Gasteiger partial charge in [0.25, 0.3) is 0 Å². The number of benzene rings is 1. The van der Waals surface area contributed by atoms with E-state index in [1.54, 1.807) is 14.2 Å². The molecule has 2 heterocycles. The topological polar surface area (TPSA) is 49.9 Å². The average molecular weight is 387 g/mol. The summed E-state index contributed by atoms with van der Waals surface area (Å²) in [6.45, 7) is 7.48. The average Bonchev–Trinajstić information content (AvgIpc) is 2.66. The van der Waals surface area contributed by atoms with Crippen LogP contribution >= 0.6 is 12.2 Å². The summed E-state index contributed by atoms with van der Waals surface area (Å²) in [7, 11) is 3.34. The smallest absolute Gasteiger partial charge is 0.174 e. The molecule has 27 heavy (non-hydrogen) atoms. The maximum absolute atomic E-state index is 5.59. The molecule has 0 spiro atoms. The van der Waals surface area contributed by atoms with Gasteiger partial charge in [-0.25, -0.2) is 4.98 Å². The SMILES string of the molecule is COc1cc(OC)cc(N2CCN(C(=S)Nc3cc(C)cc(C)n3)CC2)c1. The number of anilines is 2. The van der Waals surface area contributed by atoms with Crippen LogP contribution in [0.3, 0.4) is 0 Å². The van der Waals surface area contributed by atoms with Gasteiger partial charge in [-0.05, 0) is 43.8 Å². The summed E-state index contributed by atoms with van der Waals surface area (Å²) >= 11 is 5.59. The summed E-state index contributed by atoms with van der Waals surface area (Å²) in [5.41, 5.74) is 3.25. The van der Waals surface area contributed by atoms with Crippen molar-refractivity contribution >= 4 is 28.8 Å². The van der Waals surface area contributed by atoms with Crippen LogP contribution < -0.4 is 19.7 Å². The third-order valence-electron chi connectivity index (χ3n) is 4.60. The molecule has 0 atom stereocenters. The number of ether oxygens (including phenoxy) is 2. The van der Waals surface area contributed by atoms with Gasteiger partial charge in [0.15, 0.2) is 5.11 Å². The summed E-state index contributed by atoms with van der Waals surface area (Å²) in [4.78, 5) is 9.01. The first-order valence-corrected chi connectivity index (χ1v) is 9.38. The van der Waals surface area contributed by atoms with Crippen molar-refractivity contribution in [2.45, 2.75) is 13.8 Å². The van der Waals surface area contributed by atoms with Crippen LogP contribution in [0.15, 0.2) is 30.3 Å². The fourth-order valence-corrected chi connectivity index (χ4v) is 3.52. The second-order valence-electron chi connectivity index (χ2n) is 6.65. The molecule has 1 aromatic carbocycles. The number of piperazine rings is 1. The lowest BCUT2D eigenvalue weighted by Gasteiger charge is -2.37. The molecule has 3 rings (SSSR count). The Balaban J connectivity index is 1.62. The van der Waals surface area contributed by atoms with Gasteiger partial charge < -0.3 is 24.6 Å². The molecule has 2 aromatic rings. The van der Waals surface area contributed by atoms with Crippen molar-refractivity contribution < 1.29 is 9.47 Å². The highest BCUT2D eigenvalue weighted by Crippen LogP contribution is 2.29. The summed E-state index contributed by atoms with van der Waals surface area (Å²) < 4.78 is 10.8. The summed E-state index contributed by atoms with van der Waals surface area (Å²) in [5.74, 6) is 2.40. The van der Waals surface area contributed by atoms with Crippen LogP contribution in [0.1, 0.15) is 11.3 Å². The van der Waals surface area contributed by atoms with E-state index in [2.05, 4.69) is 33.1 Å². The van der Waals surface area contributed by atoms with E-state index in [1.807, 2.05) is 31.2 Å². The minimum absolute atomic E-state index is 0.718. The first-order valence-electron chi connectivity index (χ1n) is 8.97. The lowest BCUT2D eigenvalue weighted by Crippen LogP contribution is -2.50. The van der Waals surface area contributed by atoms with Gasteiger partial charge in [-0.15, -0.1) is 0 Å². The van der Waals surface area contributed by atoms with Crippen molar-refractivity contribution in [3.63, 3.8) is 0 Å². The van der Waals surface area contributed by atoms with E-state index in [-0.39, 0.29) is 0 Å². The molecule has 1 aliphatic heterocycles. The molecular weight excluding hydrogens is 360 g/mol. The Kier molecular flexibility index (Phi) is 6.01. The molecule has 6 nitrogen and oxygen atoms in total. The number of hydrogen-bond donors (Lipinski definition) is 1. The number of nitrogens with zero attached hydrogens (tertiary/aromatic N) is 3. The van der Waals surface area contributed by atoms with Crippen LogP contribution in [0.5, 0.6) is 11.5 Å². The second kappa shape index (κ2) is 8.43. The van der Waals surface area contributed by atoms with E-state index in [0.717, 1.165) is 60.0 Å². The van der Waals surface area contributed by atoms with E-state index < -0.39 is 0 Å². The highest BCUT2D eigenvalue weighted by atomic mass is 32.1. The first-order chi connectivity index (χ1) is 13.0. The van der Waals surface area contributed by atoms with E-state index in [1.165, 1.54) is 5.56 Å². The van der Waals surface area contributed by atoms with E-state index >= 15 is 0 Å². The van der Waals surface area contributed by atoms with Crippen LogP contribution in [0.2, 0.25) is 0 Å². The summed E-state index contributed by atoms with van der Waals surface area (Å²) in [6, 6.07) is 10.0. The molecule has 1 saturated heterocycles. The van der Waals surface area contributed by atoms with Gasteiger partial charge in [0.1, 0.15) is 17.3 Å². The van der Waals surface area contributed by atoms with Crippen molar-refractivity contribution in [3.8, 4) is 11.5 Å². The van der Waals surface area contributed by atoms with Gasteiger partial charge in [-0.2, -0.15) is 0 Å². The molecule has 144 valence electrons. The fourth-order valence-electron chi connectivity index (χ4n) is 3.24. The van der Waals surface area contributed by atoms with E-state index in [0.29, 0.717) is 0 Å². The Bertz CT molecular complexity index is 777. The van der Waals surface area contributed by atoms with Crippen molar-refractivity contribution in [3.05, 3.63) is 41.6 Å². The second-order valence-corrected chi connectivity index (χ2v) is 7.03. The van der Waals surface area contributed by atoms with Gasteiger partial charge >= 0.3 is 0 Å². The zero-order chi connectivity index (χ0) is 19.4. The Hall–Kier alpha value is -2.54. The zero-order valence-corrected chi connectivity index (χ0v) is 17.1. The molecule has 1 N–H and O–H groups in total. The Labute approximate surface area is 166 Å². The van der Waals surface area contributed by atoms with Crippen LogP contribution in [-0.2, 0) is 0 Å². The summed E-state index contributed by atoms with van der Waals surface area (Å²) in [6.07, 6.45) is 0. The van der Waals surface area contributed by atoms with Crippen LogP contribution in [-0.4, -0.2) is 55.4 Å². The van der Waals surface area contributed by atoms with Crippen molar-refractivity contribution in [2.75, 3.05) is 50.6 Å². The molecule has 1 fully saturated rings. The van der Waals surface area contributed by atoms with Gasteiger partial charge in [0.05, 0.1) is 14.2 Å². The fraction of sp³-hybridized carbons (Fsp3) is 0.400. The Morgan fingerprint density at radius 3 is 2.15 bits per heavy atom. The van der Waals surface area contributed by atoms with Gasteiger partial charge in [-0.1, -0.05) is 0 Å². The molecule has 1 aliphatic rings. The number of aryl methyl sites for hydroxylation is 2. The van der Waals surface area contributed by atoms with E-state index in [4.69, 9.17) is 21.7 Å². The lowest BCUT2D eigenvalue weighted by atomic mass is 10.2. The van der Waals surface area contributed by atoms with Gasteiger partial charge in [-0.3, -0.25) is 0 Å². The van der Waals surface area contributed by atoms with E-state index in [9.17, 15) is 0 Å². The minimum Gasteiger partial charge on any atom is -0.497 e. The van der Waals surface area contributed by atoms with Crippen LogP contribution in [0.4, 0.5) is 11.5 Å². The van der Waals surface area contributed by atoms with Crippen LogP contribution in [0, 0.1) is 13.8 Å². The predicted molar refractivity (Wildman–Crippen MR) is 113 cm³/mol. The van der Waals surface area contributed by atoms with Crippen molar-refractivity contribution in [1.82, 2.24) is 9.88 Å². The zero-order valence-electron chi connectivity index (χ0n) is 16.3. The number of nitrogens with one attached hydrogen (secondary N) is 1. The minimum atomic E-state index is 0.718. The standard InChI is InChI=1S/C20H26N4O2S/c1-14-9-15(2)21-19(10-14)22-20(27)24-7-5-23(6-8-24)16-11-17(25-3)13-18(12-16)26-4/h9-13H,5-8H2,1-4H3,(H,21,22,27). The Morgan fingerprint density at radius 1 is 0.963 bits per heavy atom. The molecule has 0 radical (unpaired) electrons. The first kappa shape index (κ1) is 19.2. The number of pyridine rings is 1. The quantitative estimate of drug-likeness (QED) is 0.810. The predicted octanol–water partition coefficient (Wildman–Crippen LogP) is 3.23. The molecule has 0 saturated carbocycles. The van der Waals surface area contributed by atoms with Crippen molar-refractivity contribution in [1.29, 1.82) is 0 Å². The normalized spacial score (nSPS) is 14.1. The molecule has 0 bridgehead atoms. The maximum Gasteiger partial charge on any atom is 0.174 e. The maximum atomic E-state index is 5.59. The third kappa shape index (κ3) is 4.80. The van der Waals surface area contributed by atoms with Crippen molar-refractivity contribution in [2.24, 2.45) is 0 Å². The molecular formula is C20H26N4O2S. The number of aromatic nitrogens is 1. The van der Waals surface area contributed by atoms with Gasteiger partial charge in [0, 0.05) is 55.8 Å². The summed E-state index contributed by atoms with van der Waals surface area (Å²) in [5, 5.41) is 3.99. The molecule has 0 aliphatic carbocycles. The van der Waals surface area contributed by atoms with Crippen LogP contribution in [0.25, 0.3) is 0 Å². The highest BCUT2D eigenvalue weighted by molar-refractivity contribution is 7.80. The Morgan fingerprint density at radius 2 is 1.59 bits per heavy atom. The molecule has 7 heteroatoms. The molecule has 0 amide bonds. The number of thiocarbonyl (C=S) groups is 1. The lowest BCUT2D eigenvalue weighted by molar-refractivity contribution is 0.384. The third-order valence-corrected chi connectivity index (χ3v) is 4.96. The molecule has 1 aromatic heterocycles. The number of methoxy groups -OCH3 is 2. The van der Waals surface area contributed by atoms with Gasteiger partial charge in [0.2, 0.25) is 0 Å².